The van der Waals surface area contributed by atoms with Crippen molar-refractivity contribution < 1.29 is 14.6 Å². The Morgan fingerprint density at radius 1 is 1.20 bits per heavy atom. The zero-order chi connectivity index (χ0) is 18.4. The number of aliphatic carboxylic acids is 1. The summed E-state index contributed by atoms with van der Waals surface area (Å²) < 4.78 is 5.76. The van der Waals surface area contributed by atoms with Crippen LogP contribution >= 0.6 is 0 Å². The summed E-state index contributed by atoms with van der Waals surface area (Å²) in [4.78, 5) is 11.0. The molecule has 1 saturated carbocycles. The maximum absolute atomic E-state index is 11.0. The highest BCUT2D eigenvalue weighted by molar-refractivity contribution is 5.70. The molecule has 1 aliphatic carbocycles. The van der Waals surface area contributed by atoms with Gasteiger partial charge in [0.25, 0.3) is 0 Å². The van der Waals surface area contributed by atoms with Crippen molar-refractivity contribution in [2.75, 3.05) is 13.2 Å². The van der Waals surface area contributed by atoms with Crippen LogP contribution in [0.1, 0.15) is 58.9 Å². The Bertz CT molecular complexity index is 543. The highest BCUT2D eigenvalue weighted by Gasteiger charge is 2.27. The standard InChI is InChI=1S/C21H33NO3/c1-15(2)13-25-19-11-7-17(8-12-19)21(3,4)14-22-18-9-5-16(6-10-18)20(23)24/h7-8,11-12,15-16,18,22H,5-6,9-10,13-14H2,1-4H3,(H,23,24). The highest BCUT2D eigenvalue weighted by atomic mass is 16.5. The maximum atomic E-state index is 11.0. The van der Waals surface area contributed by atoms with E-state index in [1.165, 1.54) is 5.56 Å². The monoisotopic (exact) mass is 347 g/mol. The Labute approximate surface area is 152 Å². The first-order chi connectivity index (χ1) is 11.8. The van der Waals surface area contributed by atoms with E-state index in [1.54, 1.807) is 0 Å². The zero-order valence-electron chi connectivity index (χ0n) is 16.0. The van der Waals surface area contributed by atoms with Gasteiger partial charge in [-0.25, -0.2) is 0 Å². The Morgan fingerprint density at radius 3 is 2.32 bits per heavy atom. The minimum Gasteiger partial charge on any atom is -0.493 e. The van der Waals surface area contributed by atoms with Crippen molar-refractivity contribution in [1.29, 1.82) is 0 Å². The van der Waals surface area contributed by atoms with Crippen LogP contribution in [0.4, 0.5) is 0 Å². The summed E-state index contributed by atoms with van der Waals surface area (Å²) in [6.07, 6.45) is 3.48. The van der Waals surface area contributed by atoms with Crippen LogP contribution < -0.4 is 10.1 Å². The predicted octanol–water partition coefficient (Wildman–Crippen LogP) is 4.23. The van der Waals surface area contributed by atoms with Gasteiger partial charge in [-0.3, -0.25) is 4.79 Å². The molecule has 0 heterocycles. The third-order valence-electron chi connectivity index (χ3n) is 5.13. The second kappa shape index (κ2) is 8.70. The average Bonchev–Trinajstić information content (AvgIpc) is 2.59. The van der Waals surface area contributed by atoms with Crippen LogP contribution in [0.25, 0.3) is 0 Å². The van der Waals surface area contributed by atoms with Gasteiger partial charge in [0.2, 0.25) is 0 Å². The number of carbonyl (C=O) groups is 1. The predicted molar refractivity (Wildman–Crippen MR) is 101 cm³/mol. The molecule has 1 aliphatic rings. The molecule has 0 spiro atoms. The molecule has 0 aromatic heterocycles. The van der Waals surface area contributed by atoms with Gasteiger partial charge in [-0.15, -0.1) is 0 Å². The van der Waals surface area contributed by atoms with E-state index in [-0.39, 0.29) is 11.3 Å². The van der Waals surface area contributed by atoms with Crippen LogP contribution in [0.5, 0.6) is 5.75 Å². The minimum atomic E-state index is -0.640. The SMILES string of the molecule is CC(C)COc1ccc(C(C)(C)CNC2CCC(C(=O)O)CC2)cc1. The van der Waals surface area contributed by atoms with E-state index in [0.717, 1.165) is 44.6 Å². The lowest BCUT2D eigenvalue weighted by molar-refractivity contribution is -0.142. The van der Waals surface area contributed by atoms with Gasteiger partial charge in [0, 0.05) is 18.0 Å². The summed E-state index contributed by atoms with van der Waals surface area (Å²) >= 11 is 0. The molecular formula is C21H33NO3. The summed E-state index contributed by atoms with van der Waals surface area (Å²) in [5, 5.41) is 12.7. The van der Waals surface area contributed by atoms with Gasteiger partial charge >= 0.3 is 5.97 Å². The second-order valence-electron chi connectivity index (χ2n) is 8.38. The quantitative estimate of drug-likeness (QED) is 0.739. The molecule has 1 aromatic carbocycles. The van der Waals surface area contributed by atoms with Crippen LogP contribution in [-0.2, 0) is 10.2 Å². The molecule has 2 rings (SSSR count). The molecule has 1 aromatic rings. The van der Waals surface area contributed by atoms with Crippen LogP contribution in [0.2, 0.25) is 0 Å². The minimum absolute atomic E-state index is 0.0280. The number of ether oxygens (including phenoxy) is 1. The van der Waals surface area contributed by atoms with Crippen LogP contribution in [0.3, 0.4) is 0 Å². The third kappa shape index (κ3) is 6.03. The fourth-order valence-electron chi connectivity index (χ4n) is 3.31. The first-order valence-electron chi connectivity index (χ1n) is 9.47. The van der Waals surface area contributed by atoms with Crippen molar-refractivity contribution in [2.24, 2.45) is 11.8 Å². The lowest BCUT2D eigenvalue weighted by Crippen LogP contribution is -2.41. The van der Waals surface area contributed by atoms with Crippen molar-refractivity contribution >= 4 is 5.97 Å². The Kier molecular flexibility index (Phi) is 6.88. The van der Waals surface area contributed by atoms with E-state index in [1.807, 2.05) is 0 Å². The molecule has 140 valence electrons. The molecule has 0 radical (unpaired) electrons. The van der Waals surface area contributed by atoms with Crippen molar-refractivity contribution in [3.8, 4) is 5.75 Å². The molecule has 0 aliphatic heterocycles. The van der Waals surface area contributed by atoms with Gasteiger partial charge in [0.15, 0.2) is 0 Å². The maximum Gasteiger partial charge on any atom is 0.306 e. The molecule has 0 atom stereocenters. The number of nitrogens with one attached hydrogen (secondary N) is 1. The zero-order valence-corrected chi connectivity index (χ0v) is 16.0. The van der Waals surface area contributed by atoms with E-state index < -0.39 is 5.97 Å². The van der Waals surface area contributed by atoms with Crippen molar-refractivity contribution in [2.45, 2.75) is 64.8 Å². The van der Waals surface area contributed by atoms with E-state index in [0.29, 0.717) is 12.0 Å². The average molecular weight is 347 g/mol. The molecule has 2 N–H and O–H groups in total. The summed E-state index contributed by atoms with van der Waals surface area (Å²) in [6.45, 7) is 10.4. The fourth-order valence-corrected chi connectivity index (χ4v) is 3.31. The first kappa shape index (κ1) is 19.8. The molecule has 0 unspecified atom stereocenters. The number of carboxylic acid groups (broad SMARTS) is 1. The molecule has 1 fully saturated rings. The van der Waals surface area contributed by atoms with Gasteiger partial charge in [-0.2, -0.15) is 0 Å². The largest absolute Gasteiger partial charge is 0.493 e. The number of benzene rings is 1. The topological polar surface area (TPSA) is 58.6 Å². The van der Waals surface area contributed by atoms with E-state index in [9.17, 15) is 4.79 Å². The normalized spacial score (nSPS) is 21.3. The molecular weight excluding hydrogens is 314 g/mol. The summed E-state index contributed by atoms with van der Waals surface area (Å²) in [7, 11) is 0. The van der Waals surface area contributed by atoms with Crippen molar-refractivity contribution in [3.05, 3.63) is 29.8 Å². The number of rotatable bonds is 8. The Hall–Kier alpha value is -1.55. The molecule has 0 amide bonds. The smallest absolute Gasteiger partial charge is 0.306 e. The van der Waals surface area contributed by atoms with Crippen LogP contribution in [-0.4, -0.2) is 30.3 Å². The third-order valence-corrected chi connectivity index (χ3v) is 5.13. The van der Waals surface area contributed by atoms with Crippen molar-refractivity contribution in [3.63, 3.8) is 0 Å². The lowest BCUT2D eigenvalue weighted by Gasteiger charge is -2.32. The number of hydrogen-bond acceptors (Lipinski definition) is 3. The molecule has 4 heteroatoms. The molecule has 25 heavy (non-hydrogen) atoms. The van der Waals surface area contributed by atoms with Crippen molar-refractivity contribution in [1.82, 2.24) is 5.32 Å². The summed E-state index contributed by atoms with van der Waals surface area (Å²) in [5.74, 6) is 0.660. The number of carboxylic acids is 1. The van der Waals surface area contributed by atoms with Gasteiger partial charge in [-0.05, 0) is 49.3 Å². The molecule has 0 bridgehead atoms. The van der Waals surface area contributed by atoms with Gasteiger partial charge in [0.05, 0.1) is 12.5 Å². The van der Waals surface area contributed by atoms with E-state index >= 15 is 0 Å². The Balaban J connectivity index is 1.83. The Morgan fingerprint density at radius 2 is 1.80 bits per heavy atom. The van der Waals surface area contributed by atoms with E-state index in [4.69, 9.17) is 9.84 Å². The van der Waals surface area contributed by atoms with Gasteiger partial charge < -0.3 is 15.2 Å². The second-order valence-corrected chi connectivity index (χ2v) is 8.38. The van der Waals surface area contributed by atoms with Crippen LogP contribution in [0, 0.1) is 11.8 Å². The highest BCUT2D eigenvalue weighted by Crippen LogP contribution is 2.28. The number of hydrogen-bond donors (Lipinski definition) is 2. The first-order valence-corrected chi connectivity index (χ1v) is 9.47. The van der Waals surface area contributed by atoms with Gasteiger partial charge in [0.1, 0.15) is 5.75 Å². The molecule has 4 nitrogen and oxygen atoms in total. The lowest BCUT2D eigenvalue weighted by atomic mass is 9.82. The van der Waals surface area contributed by atoms with E-state index in [2.05, 4.69) is 57.3 Å². The summed E-state index contributed by atoms with van der Waals surface area (Å²) in [6, 6.07) is 8.84. The summed E-state index contributed by atoms with van der Waals surface area (Å²) in [5.41, 5.74) is 1.32. The van der Waals surface area contributed by atoms with Crippen LogP contribution in [0.15, 0.2) is 24.3 Å². The molecule has 0 saturated heterocycles. The van der Waals surface area contributed by atoms with Gasteiger partial charge in [-0.1, -0.05) is 39.8 Å². The fraction of sp³-hybridized carbons (Fsp3) is 0.667.